The highest BCUT2D eigenvalue weighted by Gasteiger charge is 2.18. The van der Waals surface area contributed by atoms with Gasteiger partial charge in [-0.1, -0.05) is 19.1 Å². The summed E-state index contributed by atoms with van der Waals surface area (Å²) in [7, 11) is 1.86. The van der Waals surface area contributed by atoms with Gasteiger partial charge in [0.1, 0.15) is 0 Å². The van der Waals surface area contributed by atoms with Gasteiger partial charge in [-0.15, -0.1) is 0 Å². The molecule has 0 radical (unpaired) electrons. The molecule has 0 fully saturated rings. The van der Waals surface area contributed by atoms with Crippen molar-refractivity contribution in [3.8, 4) is 0 Å². The highest BCUT2D eigenvalue weighted by Crippen LogP contribution is 2.27. The molecule has 1 amide bonds. The molecule has 5 heteroatoms. The van der Waals surface area contributed by atoms with E-state index in [2.05, 4.69) is 21.8 Å². The number of rotatable bonds is 3. The maximum absolute atomic E-state index is 12.6. The maximum Gasteiger partial charge on any atom is 0.257 e. The van der Waals surface area contributed by atoms with Crippen molar-refractivity contribution in [3.63, 3.8) is 0 Å². The Bertz CT molecular complexity index is 675. The Morgan fingerprint density at radius 2 is 2.33 bits per heavy atom. The molecule has 0 spiro atoms. The predicted octanol–water partition coefficient (Wildman–Crippen LogP) is 2.59. The molecule has 21 heavy (non-hydrogen) atoms. The van der Waals surface area contributed by atoms with Crippen LogP contribution in [0.1, 0.15) is 35.0 Å². The van der Waals surface area contributed by atoms with Crippen molar-refractivity contribution >= 4 is 17.3 Å². The summed E-state index contributed by atoms with van der Waals surface area (Å²) in [5.41, 5.74) is 4.60. The van der Waals surface area contributed by atoms with Crippen molar-refractivity contribution in [3.05, 3.63) is 41.2 Å². The van der Waals surface area contributed by atoms with Gasteiger partial charge < -0.3 is 10.6 Å². The van der Waals surface area contributed by atoms with Crippen LogP contribution in [0.2, 0.25) is 0 Å². The van der Waals surface area contributed by atoms with Gasteiger partial charge >= 0.3 is 0 Å². The van der Waals surface area contributed by atoms with E-state index in [1.54, 1.807) is 4.68 Å². The molecule has 0 saturated carbocycles. The number of benzene rings is 1. The number of aryl methyl sites for hydroxylation is 3. The molecule has 2 heterocycles. The summed E-state index contributed by atoms with van der Waals surface area (Å²) in [5, 5.41) is 10.7. The predicted molar refractivity (Wildman–Crippen MR) is 83.8 cm³/mol. The van der Waals surface area contributed by atoms with Gasteiger partial charge in [-0.25, -0.2) is 0 Å². The second-order valence-electron chi connectivity index (χ2n) is 5.34. The fourth-order valence-electron chi connectivity index (χ4n) is 2.79. The molecule has 0 atom stereocenters. The van der Waals surface area contributed by atoms with Crippen LogP contribution in [0, 0.1) is 0 Å². The Hall–Kier alpha value is -2.30. The Morgan fingerprint density at radius 1 is 1.48 bits per heavy atom. The zero-order valence-electron chi connectivity index (χ0n) is 12.4. The molecule has 2 N–H and O–H groups in total. The normalized spacial score (nSPS) is 13.4. The van der Waals surface area contributed by atoms with Gasteiger partial charge in [-0.2, -0.15) is 5.10 Å². The number of aromatic nitrogens is 2. The summed E-state index contributed by atoms with van der Waals surface area (Å²) in [4.78, 5) is 12.6. The van der Waals surface area contributed by atoms with Crippen molar-refractivity contribution in [2.24, 2.45) is 7.05 Å². The van der Waals surface area contributed by atoms with Gasteiger partial charge in [0.05, 0.1) is 22.6 Å². The van der Waals surface area contributed by atoms with E-state index in [4.69, 9.17) is 0 Å². The van der Waals surface area contributed by atoms with Gasteiger partial charge in [-0.05, 0) is 30.9 Å². The number of carbonyl (C=O) groups is 1. The molecule has 0 aliphatic carbocycles. The highest BCUT2D eigenvalue weighted by molar-refractivity contribution is 6.08. The first kappa shape index (κ1) is 13.7. The number of para-hydroxylation sites is 1. The van der Waals surface area contributed by atoms with Gasteiger partial charge in [-0.3, -0.25) is 9.48 Å². The summed E-state index contributed by atoms with van der Waals surface area (Å²) < 4.78 is 1.73. The number of fused-ring (bicyclic) bond motifs is 1. The Labute approximate surface area is 124 Å². The molecule has 0 bridgehead atoms. The van der Waals surface area contributed by atoms with Crippen LogP contribution >= 0.6 is 0 Å². The van der Waals surface area contributed by atoms with Crippen LogP contribution < -0.4 is 10.6 Å². The van der Waals surface area contributed by atoms with E-state index in [-0.39, 0.29) is 5.91 Å². The van der Waals surface area contributed by atoms with E-state index >= 15 is 0 Å². The second-order valence-corrected chi connectivity index (χ2v) is 5.34. The Balaban J connectivity index is 1.89. The minimum atomic E-state index is -0.0797. The molecule has 5 nitrogen and oxygen atoms in total. The van der Waals surface area contributed by atoms with Crippen molar-refractivity contribution in [2.75, 3.05) is 17.2 Å². The molecule has 110 valence electrons. The molecular weight excluding hydrogens is 264 g/mol. The first-order valence-corrected chi connectivity index (χ1v) is 7.38. The number of carbonyl (C=O) groups excluding carboxylic acids is 1. The summed E-state index contributed by atoms with van der Waals surface area (Å²) in [6.07, 6.45) is 4.78. The minimum absolute atomic E-state index is 0.0797. The number of nitrogens with zero attached hydrogens (tertiary/aromatic N) is 2. The first-order valence-electron chi connectivity index (χ1n) is 7.38. The monoisotopic (exact) mass is 284 g/mol. The van der Waals surface area contributed by atoms with Crippen molar-refractivity contribution in [1.29, 1.82) is 0 Å². The minimum Gasteiger partial charge on any atom is -0.384 e. The molecule has 1 aromatic heterocycles. The molecule has 1 aliphatic rings. The van der Waals surface area contributed by atoms with Crippen LogP contribution in [0.25, 0.3) is 0 Å². The lowest BCUT2D eigenvalue weighted by Gasteiger charge is -2.20. The second kappa shape index (κ2) is 5.60. The lowest BCUT2D eigenvalue weighted by atomic mass is 9.99. The largest absolute Gasteiger partial charge is 0.384 e. The molecule has 1 aliphatic heterocycles. The number of hydrogen-bond donors (Lipinski definition) is 2. The van der Waals surface area contributed by atoms with E-state index in [9.17, 15) is 4.79 Å². The van der Waals surface area contributed by atoms with E-state index in [0.717, 1.165) is 42.9 Å². The summed E-state index contributed by atoms with van der Waals surface area (Å²) in [6, 6.07) is 5.90. The zero-order chi connectivity index (χ0) is 14.8. The molecule has 3 rings (SSSR count). The number of anilines is 2. The fourth-order valence-corrected chi connectivity index (χ4v) is 2.79. The van der Waals surface area contributed by atoms with Crippen molar-refractivity contribution < 1.29 is 4.79 Å². The van der Waals surface area contributed by atoms with E-state index in [0.29, 0.717) is 5.56 Å². The standard InChI is InChI=1S/C16H20N4O/c1-3-13-14(10-20(2)19-13)18-16(21)12-8-4-6-11-7-5-9-17-15(11)12/h4,6,8,10,17H,3,5,7,9H2,1-2H3,(H,18,21). The van der Waals surface area contributed by atoms with Crippen LogP contribution in [0.4, 0.5) is 11.4 Å². The maximum atomic E-state index is 12.6. The number of amides is 1. The van der Waals surface area contributed by atoms with E-state index < -0.39 is 0 Å². The molecule has 0 saturated heterocycles. The van der Waals surface area contributed by atoms with Crippen LogP contribution in [0.3, 0.4) is 0 Å². The fraction of sp³-hybridized carbons (Fsp3) is 0.375. The lowest BCUT2D eigenvalue weighted by molar-refractivity contribution is 0.102. The molecule has 2 aromatic rings. The van der Waals surface area contributed by atoms with Gasteiger partial charge in [0, 0.05) is 19.8 Å². The first-order chi connectivity index (χ1) is 10.2. The van der Waals surface area contributed by atoms with Crippen molar-refractivity contribution in [1.82, 2.24) is 9.78 Å². The zero-order valence-corrected chi connectivity index (χ0v) is 12.4. The van der Waals surface area contributed by atoms with Crippen LogP contribution in [-0.4, -0.2) is 22.2 Å². The number of nitrogens with one attached hydrogen (secondary N) is 2. The third-order valence-electron chi connectivity index (χ3n) is 3.81. The van der Waals surface area contributed by atoms with Crippen molar-refractivity contribution in [2.45, 2.75) is 26.2 Å². The average molecular weight is 284 g/mol. The van der Waals surface area contributed by atoms with Crippen LogP contribution in [-0.2, 0) is 19.9 Å². The number of hydrogen-bond acceptors (Lipinski definition) is 3. The highest BCUT2D eigenvalue weighted by atomic mass is 16.1. The molecule has 0 unspecified atom stereocenters. The lowest BCUT2D eigenvalue weighted by Crippen LogP contribution is -2.19. The Morgan fingerprint density at radius 3 is 3.14 bits per heavy atom. The van der Waals surface area contributed by atoms with Gasteiger partial charge in [0.25, 0.3) is 5.91 Å². The van der Waals surface area contributed by atoms with Crippen LogP contribution in [0.5, 0.6) is 0 Å². The summed E-state index contributed by atoms with van der Waals surface area (Å²) in [6.45, 7) is 2.95. The molecular formula is C16H20N4O. The van der Waals surface area contributed by atoms with E-state index in [1.165, 1.54) is 5.56 Å². The quantitative estimate of drug-likeness (QED) is 0.911. The summed E-state index contributed by atoms with van der Waals surface area (Å²) >= 11 is 0. The van der Waals surface area contributed by atoms with Gasteiger partial charge in [0.2, 0.25) is 0 Å². The molecule has 1 aromatic carbocycles. The SMILES string of the molecule is CCc1nn(C)cc1NC(=O)c1cccc2c1NCCC2. The third-order valence-corrected chi connectivity index (χ3v) is 3.81. The summed E-state index contributed by atoms with van der Waals surface area (Å²) in [5.74, 6) is -0.0797. The van der Waals surface area contributed by atoms with E-state index in [1.807, 2.05) is 32.3 Å². The van der Waals surface area contributed by atoms with Gasteiger partial charge in [0.15, 0.2) is 0 Å². The van der Waals surface area contributed by atoms with Crippen LogP contribution in [0.15, 0.2) is 24.4 Å². The average Bonchev–Trinajstić information content (AvgIpc) is 2.86. The third kappa shape index (κ3) is 2.63. The Kier molecular flexibility index (Phi) is 3.64. The topological polar surface area (TPSA) is 59.0 Å². The smallest absolute Gasteiger partial charge is 0.257 e.